The van der Waals surface area contributed by atoms with E-state index in [-0.39, 0.29) is 5.91 Å². The molecule has 6 heteroatoms. The Morgan fingerprint density at radius 3 is 2.78 bits per heavy atom. The number of hydrogen-bond acceptors (Lipinski definition) is 4. The van der Waals surface area contributed by atoms with Crippen molar-refractivity contribution >= 4 is 11.7 Å². The van der Waals surface area contributed by atoms with Crippen LogP contribution in [0.2, 0.25) is 0 Å². The van der Waals surface area contributed by atoms with Crippen LogP contribution in [0, 0.1) is 0 Å². The van der Waals surface area contributed by atoms with Crippen LogP contribution in [0.5, 0.6) is 0 Å². The lowest BCUT2D eigenvalue weighted by molar-refractivity contribution is 0.0950. The van der Waals surface area contributed by atoms with Crippen LogP contribution >= 0.6 is 0 Å². The number of anilines is 1. The Labute approximate surface area is 105 Å². The molecule has 0 saturated heterocycles. The quantitative estimate of drug-likeness (QED) is 0.835. The highest BCUT2D eigenvalue weighted by atomic mass is 16.1. The molecule has 6 nitrogen and oxygen atoms in total. The van der Waals surface area contributed by atoms with Gasteiger partial charge in [0.15, 0.2) is 0 Å². The van der Waals surface area contributed by atoms with E-state index in [0.717, 1.165) is 11.4 Å². The smallest absolute Gasteiger partial charge is 0.253 e. The highest BCUT2D eigenvalue weighted by Crippen LogP contribution is 2.04. The Hall–Kier alpha value is -2.37. The van der Waals surface area contributed by atoms with Crippen LogP contribution in [0.3, 0.4) is 0 Å². The SMILES string of the molecule is CNc1ccc(C(=O)NCc2cnn(C)c2)cn1. The molecule has 0 aliphatic carbocycles. The highest BCUT2D eigenvalue weighted by molar-refractivity contribution is 5.93. The lowest BCUT2D eigenvalue weighted by atomic mass is 10.2. The number of pyridine rings is 1. The zero-order chi connectivity index (χ0) is 13.0. The van der Waals surface area contributed by atoms with Crippen molar-refractivity contribution in [2.75, 3.05) is 12.4 Å². The van der Waals surface area contributed by atoms with Crippen molar-refractivity contribution in [1.82, 2.24) is 20.1 Å². The Kier molecular flexibility index (Phi) is 3.57. The van der Waals surface area contributed by atoms with Crippen LogP contribution in [0.4, 0.5) is 5.82 Å². The molecule has 94 valence electrons. The maximum Gasteiger partial charge on any atom is 0.253 e. The predicted molar refractivity (Wildman–Crippen MR) is 68.2 cm³/mol. The van der Waals surface area contributed by atoms with Crippen LogP contribution in [0.15, 0.2) is 30.7 Å². The molecule has 0 radical (unpaired) electrons. The fraction of sp³-hybridized carbons (Fsp3) is 0.250. The Balaban J connectivity index is 1.94. The summed E-state index contributed by atoms with van der Waals surface area (Å²) in [4.78, 5) is 15.9. The largest absolute Gasteiger partial charge is 0.373 e. The summed E-state index contributed by atoms with van der Waals surface area (Å²) < 4.78 is 1.70. The molecule has 18 heavy (non-hydrogen) atoms. The molecule has 2 heterocycles. The topological polar surface area (TPSA) is 71.8 Å². The molecule has 0 spiro atoms. The minimum atomic E-state index is -0.144. The Morgan fingerprint density at radius 1 is 1.39 bits per heavy atom. The first-order chi connectivity index (χ1) is 8.69. The van der Waals surface area contributed by atoms with Gasteiger partial charge in [-0.1, -0.05) is 0 Å². The molecule has 0 fully saturated rings. The van der Waals surface area contributed by atoms with Crippen molar-refractivity contribution in [3.05, 3.63) is 41.9 Å². The van der Waals surface area contributed by atoms with Gasteiger partial charge in [-0.3, -0.25) is 9.48 Å². The zero-order valence-electron chi connectivity index (χ0n) is 10.3. The van der Waals surface area contributed by atoms with E-state index in [1.54, 1.807) is 36.3 Å². The van der Waals surface area contributed by atoms with E-state index in [1.165, 1.54) is 0 Å². The third-order valence-electron chi connectivity index (χ3n) is 2.49. The molecule has 0 aromatic carbocycles. The molecule has 0 unspecified atom stereocenters. The molecule has 0 saturated carbocycles. The molecule has 2 N–H and O–H groups in total. The minimum absolute atomic E-state index is 0.144. The number of carbonyl (C=O) groups is 1. The van der Waals surface area contributed by atoms with Crippen molar-refractivity contribution in [3.63, 3.8) is 0 Å². The summed E-state index contributed by atoms with van der Waals surface area (Å²) in [7, 11) is 3.62. The summed E-state index contributed by atoms with van der Waals surface area (Å²) in [6, 6.07) is 3.50. The van der Waals surface area contributed by atoms with Gasteiger partial charge in [-0.25, -0.2) is 4.98 Å². The zero-order valence-corrected chi connectivity index (χ0v) is 10.3. The van der Waals surface area contributed by atoms with Gasteiger partial charge in [-0.05, 0) is 12.1 Å². The third-order valence-corrected chi connectivity index (χ3v) is 2.49. The van der Waals surface area contributed by atoms with E-state index in [1.807, 2.05) is 13.2 Å². The van der Waals surface area contributed by atoms with Crippen LogP contribution in [-0.4, -0.2) is 27.7 Å². The number of aromatic nitrogens is 3. The van der Waals surface area contributed by atoms with Crippen molar-refractivity contribution in [3.8, 4) is 0 Å². The average molecular weight is 245 g/mol. The van der Waals surface area contributed by atoms with Gasteiger partial charge in [0.05, 0.1) is 11.8 Å². The molecular formula is C12H15N5O. The summed E-state index contributed by atoms with van der Waals surface area (Å²) >= 11 is 0. The standard InChI is InChI=1S/C12H15N5O/c1-13-11-4-3-10(7-14-11)12(18)15-5-9-6-16-17(2)8-9/h3-4,6-8H,5H2,1-2H3,(H,13,14)(H,15,18). The first-order valence-corrected chi connectivity index (χ1v) is 5.58. The second-order valence-electron chi connectivity index (χ2n) is 3.89. The molecule has 2 aromatic heterocycles. The molecule has 0 atom stereocenters. The maximum atomic E-state index is 11.8. The summed E-state index contributed by atoms with van der Waals surface area (Å²) in [6.45, 7) is 0.459. The van der Waals surface area contributed by atoms with Crippen molar-refractivity contribution in [2.24, 2.45) is 7.05 Å². The molecular weight excluding hydrogens is 230 g/mol. The summed E-state index contributed by atoms with van der Waals surface area (Å²) in [5.74, 6) is 0.591. The van der Waals surface area contributed by atoms with Crippen molar-refractivity contribution in [1.29, 1.82) is 0 Å². The van der Waals surface area contributed by atoms with E-state index < -0.39 is 0 Å². The van der Waals surface area contributed by atoms with Gasteiger partial charge in [0.1, 0.15) is 5.82 Å². The van der Waals surface area contributed by atoms with Gasteiger partial charge in [0.2, 0.25) is 0 Å². The monoisotopic (exact) mass is 245 g/mol. The number of rotatable bonds is 4. The summed E-state index contributed by atoms with van der Waals surface area (Å²) in [5.41, 5.74) is 1.50. The lowest BCUT2D eigenvalue weighted by Gasteiger charge is -2.04. The first kappa shape index (κ1) is 12.1. The second kappa shape index (κ2) is 5.31. The van der Waals surface area contributed by atoms with Gasteiger partial charge in [-0.2, -0.15) is 5.10 Å². The van der Waals surface area contributed by atoms with Crippen molar-refractivity contribution < 1.29 is 4.79 Å². The number of aryl methyl sites for hydroxylation is 1. The fourth-order valence-electron chi connectivity index (χ4n) is 1.52. The van der Waals surface area contributed by atoms with E-state index in [2.05, 4.69) is 20.7 Å². The van der Waals surface area contributed by atoms with E-state index in [4.69, 9.17) is 0 Å². The van der Waals surface area contributed by atoms with Crippen molar-refractivity contribution in [2.45, 2.75) is 6.54 Å². The summed E-state index contributed by atoms with van der Waals surface area (Å²) in [6.07, 6.45) is 5.13. The van der Waals surface area contributed by atoms with Crippen LogP contribution < -0.4 is 10.6 Å². The number of amides is 1. The van der Waals surface area contributed by atoms with Gasteiger partial charge >= 0.3 is 0 Å². The van der Waals surface area contributed by atoms with E-state index in [0.29, 0.717) is 12.1 Å². The first-order valence-electron chi connectivity index (χ1n) is 5.58. The fourth-order valence-corrected chi connectivity index (χ4v) is 1.52. The maximum absolute atomic E-state index is 11.8. The molecule has 0 aliphatic heterocycles. The van der Waals surface area contributed by atoms with Crippen LogP contribution in [-0.2, 0) is 13.6 Å². The van der Waals surface area contributed by atoms with E-state index >= 15 is 0 Å². The predicted octanol–water partition coefficient (Wildman–Crippen LogP) is 0.787. The van der Waals surface area contributed by atoms with Gasteiger partial charge in [0.25, 0.3) is 5.91 Å². The number of nitrogens with zero attached hydrogens (tertiary/aromatic N) is 3. The van der Waals surface area contributed by atoms with Gasteiger partial charge in [0, 0.05) is 38.6 Å². The minimum Gasteiger partial charge on any atom is -0.373 e. The number of nitrogens with one attached hydrogen (secondary N) is 2. The molecule has 2 rings (SSSR count). The molecule has 1 amide bonds. The number of hydrogen-bond donors (Lipinski definition) is 2. The van der Waals surface area contributed by atoms with Gasteiger partial charge < -0.3 is 10.6 Å². The normalized spacial score (nSPS) is 10.1. The lowest BCUT2D eigenvalue weighted by Crippen LogP contribution is -2.22. The van der Waals surface area contributed by atoms with Crippen LogP contribution in [0.25, 0.3) is 0 Å². The Bertz CT molecular complexity index is 532. The average Bonchev–Trinajstić information content (AvgIpc) is 2.82. The summed E-state index contributed by atoms with van der Waals surface area (Å²) in [5, 5.41) is 9.75. The Morgan fingerprint density at radius 2 is 2.22 bits per heavy atom. The molecule has 0 bridgehead atoms. The number of carbonyl (C=O) groups excluding carboxylic acids is 1. The molecule has 2 aromatic rings. The highest BCUT2D eigenvalue weighted by Gasteiger charge is 2.06. The van der Waals surface area contributed by atoms with Gasteiger partial charge in [-0.15, -0.1) is 0 Å². The molecule has 0 aliphatic rings. The third kappa shape index (κ3) is 2.85. The van der Waals surface area contributed by atoms with E-state index in [9.17, 15) is 4.79 Å². The second-order valence-corrected chi connectivity index (χ2v) is 3.89. The van der Waals surface area contributed by atoms with Crippen LogP contribution in [0.1, 0.15) is 15.9 Å².